The van der Waals surface area contributed by atoms with Crippen LogP contribution >= 0.6 is 11.6 Å². The van der Waals surface area contributed by atoms with Crippen LogP contribution in [-0.2, 0) is 27.0 Å². The number of halogens is 1. The molecule has 1 aliphatic rings. The molecule has 1 amide bonds. The molecular formula is C25H33ClN2O5S. The van der Waals surface area contributed by atoms with Gasteiger partial charge in [-0.3, -0.25) is 4.79 Å². The fourth-order valence-corrected chi connectivity index (χ4v) is 5.76. The lowest BCUT2D eigenvalue weighted by atomic mass is 9.97. The topological polar surface area (TPSA) is 84.9 Å². The van der Waals surface area contributed by atoms with Crippen LogP contribution in [0.4, 0.5) is 0 Å². The lowest BCUT2D eigenvalue weighted by Crippen LogP contribution is -2.43. The van der Waals surface area contributed by atoms with Crippen LogP contribution in [0.25, 0.3) is 0 Å². The van der Waals surface area contributed by atoms with Gasteiger partial charge in [0.05, 0.1) is 19.5 Å². The molecule has 2 aromatic carbocycles. The van der Waals surface area contributed by atoms with Crippen molar-refractivity contribution in [3.63, 3.8) is 0 Å². The van der Waals surface area contributed by atoms with Crippen LogP contribution in [-0.4, -0.2) is 52.0 Å². The zero-order valence-electron chi connectivity index (χ0n) is 19.8. The Hall–Kier alpha value is -2.29. The molecule has 0 saturated carbocycles. The second kappa shape index (κ2) is 12.4. The van der Waals surface area contributed by atoms with Gasteiger partial charge in [0.2, 0.25) is 15.9 Å². The van der Waals surface area contributed by atoms with Crippen molar-refractivity contribution in [2.24, 2.45) is 5.92 Å². The molecule has 0 aliphatic carbocycles. The summed E-state index contributed by atoms with van der Waals surface area (Å²) in [5.74, 6) is 1.22. The molecule has 2 aromatic rings. The maximum absolute atomic E-state index is 12.7. The fraction of sp³-hybridized carbons (Fsp3) is 0.480. The summed E-state index contributed by atoms with van der Waals surface area (Å²) in [6.45, 7) is 3.80. The highest BCUT2D eigenvalue weighted by molar-refractivity contribution is 7.88. The van der Waals surface area contributed by atoms with Crippen LogP contribution in [0.5, 0.6) is 11.5 Å². The molecule has 0 bridgehead atoms. The van der Waals surface area contributed by atoms with Gasteiger partial charge in [-0.15, -0.1) is 0 Å². The molecule has 34 heavy (non-hydrogen) atoms. The van der Waals surface area contributed by atoms with Crippen LogP contribution in [0.15, 0.2) is 42.5 Å². The van der Waals surface area contributed by atoms with Crippen molar-refractivity contribution in [3.05, 3.63) is 58.6 Å². The van der Waals surface area contributed by atoms with E-state index < -0.39 is 10.0 Å². The minimum absolute atomic E-state index is 0.000904. The number of hydrogen-bond acceptors (Lipinski definition) is 5. The highest BCUT2D eigenvalue weighted by Crippen LogP contribution is 2.28. The number of nitrogens with zero attached hydrogens (tertiary/aromatic N) is 1. The van der Waals surface area contributed by atoms with Crippen LogP contribution in [0.3, 0.4) is 0 Å². The smallest absolute Gasteiger partial charge is 0.223 e. The zero-order chi connectivity index (χ0) is 24.6. The predicted molar refractivity (Wildman–Crippen MR) is 134 cm³/mol. The Balaban J connectivity index is 1.40. The molecular weight excluding hydrogens is 476 g/mol. The van der Waals surface area contributed by atoms with Gasteiger partial charge in [0, 0.05) is 30.6 Å². The van der Waals surface area contributed by atoms with Gasteiger partial charge in [-0.05, 0) is 68.0 Å². The Kier molecular flexibility index (Phi) is 9.62. The Morgan fingerprint density at radius 3 is 2.41 bits per heavy atom. The van der Waals surface area contributed by atoms with Crippen LogP contribution in [0.2, 0.25) is 5.02 Å². The molecule has 1 N–H and O–H groups in total. The minimum atomic E-state index is -3.42. The van der Waals surface area contributed by atoms with Crippen molar-refractivity contribution in [3.8, 4) is 11.5 Å². The molecule has 1 aliphatic heterocycles. The van der Waals surface area contributed by atoms with Gasteiger partial charge in [0.15, 0.2) is 11.5 Å². The number of nitrogens with one attached hydrogen (secondary N) is 1. The molecule has 3 rings (SSSR count). The number of benzene rings is 2. The number of rotatable bonds is 11. The molecule has 0 spiro atoms. The van der Waals surface area contributed by atoms with E-state index in [9.17, 15) is 13.2 Å². The van der Waals surface area contributed by atoms with Crippen LogP contribution in [0, 0.1) is 5.92 Å². The number of carbonyl (C=O) groups is 1. The lowest BCUT2D eigenvalue weighted by Gasteiger charge is -2.30. The molecule has 0 radical (unpaired) electrons. The normalized spacial score (nSPS) is 15.1. The highest BCUT2D eigenvalue weighted by Gasteiger charge is 2.31. The number of sulfonamides is 1. The molecule has 9 heteroatoms. The number of aryl methyl sites for hydroxylation is 1. The Morgan fingerprint density at radius 1 is 1.09 bits per heavy atom. The highest BCUT2D eigenvalue weighted by atomic mass is 35.5. The number of methoxy groups -OCH3 is 1. The van der Waals surface area contributed by atoms with Crippen molar-refractivity contribution in [1.29, 1.82) is 0 Å². The zero-order valence-corrected chi connectivity index (χ0v) is 21.3. The average molecular weight is 509 g/mol. The summed E-state index contributed by atoms with van der Waals surface area (Å²) in [6, 6.07) is 12.7. The Labute approximate surface area is 207 Å². The van der Waals surface area contributed by atoms with Gasteiger partial charge < -0.3 is 14.8 Å². The van der Waals surface area contributed by atoms with Crippen molar-refractivity contribution in [2.45, 2.75) is 38.4 Å². The molecule has 1 heterocycles. The van der Waals surface area contributed by atoms with E-state index in [1.807, 2.05) is 25.1 Å². The van der Waals surface area contributed by atoms with Gasteiger partial charge in [0.25, 0.3) is 0 Å². The van der Waals surface area contributed by atoms with Gasteiger partial charge in [-0.2, -0.15) is 0 Å². The SMILES string of the molecule is CCOc1ccc(CCCNC(=O)C2CCN(S(=O)(=O)Cc3ccc(Cl)cc3)CC2)cc1OC. The standard InChI is InChI=1S/C25H33ClN2O5S/c1-3-33-23-11-8-19(17-24(23)32-2)5-4-14-27-25(29)21-12-15-28(16-13-21)34(30,31)18-20-6-9-22(26)10-7-20/h6-11,17,21H,3-5,12-16,18H2,1-2H3,(H,27,29). The first-order chi connectivity index (χ1) is 16.3. The molecule has 186 valence electrons. The molecule has 1 fully saturated rings. The lowest BCUT2D eigenvalue weighted by molar-refractivity contribution is -0.126. The largest absolute Gasteiger partial charge is 0.493 e. The monoisotopic (exact) mass is 508 g/mol. The van der Waals surface area contributed by atoms with Gasteiger partial charge in [-0.25, -0.2) is 12.7 Å². The predicted octanol–water partition coefficient (Wildman–Crippen LogP) is 4.04. The van der Waals surface area contributed by atoms with Crippen LogP contribution < -0.4 is 14.8 Å². The quantitative estimate of drug-likeness (QED) is 0.463. The van der Waals surface area contributed by atoms with Crippen molar-refractivity contribution in [2.75, 3.05) is 33.4 Å². The third kappa shape index (κ3) is 7.35. The van der Waals surface area contributed by atoms with Gasteiger partial charge >= 0.3 is 0 Å². The summed E-state index contributed by atoms with van der Waals surface area (Å²) in [5, 5.41) is 3.58. The van der Waals surface area contributed by atoms with Crippen molar-refractivity contribution in [1.82, 2.24) is 9.62 Å². The number of amides is 1. The number of hydrogen-bond donors (Lipinski definition) is 1. The number of piperidine rings is 1. The summed E-state index contributed by atoms with van der Waals surface area (Å²) in [7, 11) is -1.80. The summed E-state index contributed by atoms with van der Waals surface area (Å²) < 4.78 is 37.9. The third-order valence-electron chi connectivity index (χ3n) is 5.95. The fourth-order valence-electron chi connectivity index (χ4n) is 4.07. The molecule has 0 aromatic heterocycles. The van der Waals surface area contributed by atoms with E-state index in [1.165, 1.54) is 4.31 Å². The first-order valence-electron chi connectivity index (χ1n) is 11.6. The second-order valence-electron chi connectivity index (χ2n) is 8.37. The first-order valence-corrected chi connectivity index (χ1v) is 13.6. The number of carbonyl (C=O) groups excluding carboxylic acids is 1. The van der Waals surface area contributed by atoms with Gasteiger partial charge in [0.1, 0.15) is 0 Å². The van der Waals surface area contributed by atoms with E-state index in [4.69, 9.17) is 21.1 Å². The van der Waals surface area contributed by atoms with Crippen molar-refractivity contribution >= 4 is 27.5 Å². The van der Waals surface area contributed by atoms with E-state index >= 15 is 0 Å². The van der Waals surface area contributed by atoms with Crippen LogP contribution in [0.1, 0.15) is 37.3 Å². The maximum Gasteiger partial charge on any atom is 0.223 e. The third-order valence-corrected chi connectivity index (χ3v) is 8.05. The summed E-state index contributed by atoms with van der Waals surface area (Å²) in [5.41, 5.74) is 1.82. The van der Waals surface area contributed by atoms with E-state index in [0.717, 1.165) is 24.2 Å². The minimum Gasteiger partial charge on any atom is -0.493 e. The van der Waals surface area contributed by atoms with Gasteiger partial charge in [-0.1, -0.05) is 29.8 Å². The summed E-state index contributed by atoms with van der Waals surface area (Å²) >= 11 is 5.87. The second-order valence-corrected chi connectivity index (χ2v) is 10.8. The molecule has 0 unspecified atom stereocenters. The Bertz CT molecular complexity index is 1050. The molecule has 0 atom stereocenters. The van der Waals surface area contributed by atoms with E-state index in [1.54, 1.807) is 31.4 Å². The Morgan fingerprint density at radius 2 is 1.76 bits per heavy atom. The van der Waals surface area contributed by atoms with E-state index in [2.05, 4.69) is 5.32 Å². The van der Waals surface area contributed by atoms with Crippen molar-refractivity contribution < 1.29 is 22.7 Å². The first kappa shape index (κ1) is 26.3. The van der Waals surface area contributed by atoms with E-state index in [-0.39, 0.29) is 17.6 Å². The molecule has 7 nitrogen and oxygen atoms in total. The number of ether oxygens (including phenoxy) is 2. The van der Waals surface area contributed by atoms with E-state index in [0.29, 0.717) is 55.4 Å². The maximum atomic E-state index is 12.7. The summed E-state index contributed by atoms with van der Waals surface area (Å²) in [6.07, 6.45) is 2.67. The summed E-state index contributed by atoms with van der Waals surface area (Å²) in [4.78, 5) is 12.6. The average Bonchev–Trinajstić information content (AvgIpc) is 2.84. The molecule has 1 saturated heterocycles.